The van der Waals surface area contributed by atoms with Crippen LogP contribution in [0, 0.1) is 0 Å². The molecule has 2 rings (SSSR count). The van der Waals surface area contributed by atoms with E-state index in [-0.39, 0.29) is 12.2 Å². The van der Waals surface area contributed by atoms with Gasteiger partial charge in [-0.2, -0.15) is 0 Å². The summed E-state index contributed by atoms with van der Waals surface area (Å²) in [6.07, 6.45) is 0.226. The SMILES string of the molecule is COc1ccc(CC(=O)c2cccc(OC)c2OC)cc1OC. The number of ether oxygens (including phenoxy) is 4. The number of ketones is 1. The average Bonchev–Trinajstić information content (AvgIpc) is 2.60. The first-order valence-corrected chi connectivity index (χ1v) is 7.09. The summed E-state index contributed by atoms with van der Waals surface area (Å²) in [5.74, 6) is 2.14. The van der Waals surface area contributed by atoms with Crippen LogP contribution in [0.15, 0.2) is 36.4 Å². The molecule has 0 aromatic heterocycles. The fourth-order valence-corrected chi connectivity index (χ4v) is 2.38. The average molecular weight is 316 g/mol. The van der Waals surface area contributed by atoms with Gasteiger partial charge in [0.05, 0.1) is 34.0 Å². The second kappa shape index (κ2) is 7.54. The van der Waals surface area contributed by atoms with Gasteiger partial charge >= 0.3 is 0 Å². The lowest BCUT2D eigenvalue weighted by Crippen LogP contribution is -2.07. The molecule has 0 N–H and O–H groups in total. The van der Waals surface area contributed by atoms with Crippen LogP contribution < -0.4 is 18.9 Å². The van der Waals surface area contributed by atoms with Crippen molar-refractivity contribution in [3.63, 3.8) is 0 Å². The Labute approximate surface area is 135 Å². The summed E-state index contributed by atoms with van der Waals surface area (Å²) in [7, 11) is 6.20. The molecule has 0 saturated carbocycles. The Morgan fingerprint density at radius 2 is 1.52 bits per heavy atom. The van der Waals surface area contributed by atoms with Crippen molar-refractivity contribution in [2.24, 2.45) is 0 Å². The van der Waals surface area contributed by atoms with Gasteiger partial charge in [0.15, 0.2) is 28.8 Å². The van der Waals surface area contributed by atoms with Crippen LogP contribution in [-0.2, 0) is 6.42 Å². The van der Waals surface area contributed by atoms with E-state index >= 15 is 0 Å². The Morgan fingerprint density at radius 1 is 0.826 bits per heavy atom. The molecule has 0 spiro atoms. The Morgan fingerprint density at radius 3 is 2.13 bits per heavy atom. The molecule has 122 valence electrons. The first-order chi connectivity index (χ1) is 11.1. The molecular formula is C18H20O5. The Hall–Kier alpha value is -2.69. The fraction of sp³-hybridized carbons (Fsp3) is 0.278. The first kappa shape index (κ1) is 16.7. The molecule has 0 unspecified atom stereocenters. The largest absolute Gasteiger partial charge is 0.493 e. The van der Waals surface area contributed by atoms with Crippen LogP contribution in [0.5, 0.6) is 23.0 Å². The molecule has 0 amide bonds. The second-order valence-corrected chi connectivity index (χ2v) is 4.83. The maximum atomic E-state index is 12.6. The second-order valence-electron chi connectivity index (χ2n) is 4.83. The fourth-order valence-electron chi connectivity index (χ4n) is 2.38. The van der Waals surface area contributed by atoms with E-state index in [1.54, 1.807) is 51.7 Å². The van der Waals surface area contributed by atoms with Crippen LogP contribution in [0.1, 0.15) is 15.9 Å². The number of para-hydroxylation sites is 1. The van der Waals surface area contributed by atoms with Crippen LogP contribution >= 0.6 is 0 Å². The van der Waals surface area contributed by atoms with E-state index in [0.29, 0.717) is 28.6 Å². The predicted molar refractivity (Wildman–Crippen MR) is 87.1 cm³/mol. The predicted octanol–water partition coefficient (Wildman–Crippen LogP) is 3.15. The number of hydrogen-bond acceptors (Lipinski definition) is 5. The van der Waals surface area contributed by atoms with Crippen LogP contribution in [0.4, 0.5) is 0 Å². The Bertz CT molecular complexity index is 694. The van der Waals surface area contributed by atoms with E-state index in [4.69, 9.17) is 18.9 Å². The zero-order chi connectivity index (χ0) is 16.8. The molecule has 0 saturated heterocycles. The lowest BCUT2D eigenvalue weighted by Gasteiger charge is -2.12. The molecule has 0 bridgehead atoms. The molecule has 0 heterocycles. The van der Waals surface area contributed by atoms with Crippen LogP contribution in [0.25, 0.3) is 0 Å². The summed E-state index contributed by atoms with van der Waals surface area (Å²) < 4.78 is 21.0. The summed E-state index contributed by atoms with van der Waals surface area (Å²) >= 11 is 0. The van der Waals surface area contributed by atoms with Crippen LogP contribution in [0.2, 0.25) is 0 Å². The van der Waals surface area contributed by atoms with Crippen LogP contribution in [-0.4, -0.2) is 34.2 Å². The molecule has 0 radical (unpaired) electrons. The minimum absolute atomic E-state index is 0.0621. The van der Waals surface area contributed by atoms with Crippen molar-refractivity contribution >= 4 is 5.78 Å². The third kappa shape index (κ3) is 3.56. The van der Waals surface area contributed by atoms with Crippen molar-refractivity contribution in [3.8, 4) is 23.0 Å². The first-order valence-electron chi connectivity index (χ1n) is 7.09. The number of benzene rings is 2. The number of carbonyl (C=O) groups excluding carboxylic acids is 1. The van der Waals surface area contributed by atoms with Crippen molar-refractivity contribution in [2.45, 2.75) is 6.42 Å². The molecule has 2 aromatic rings. The summed E-state index contributed by atoms with van der Waals surface area (Å²) in [5, 5.41) is 0. The van der Waals surface area contributed by atoms with E-state index in [1.165, 1.54) is 7.11 Å². The highest BCUT2D eigenvalue weighted by Gasteiger charge is 2.17. The molecule has 0 fully saturated rings. The molecule has 5 nitrogen and oxygen atoms in total. The maximum absolute atomic E-state index is 12.6. The van der Waals surface area contributed by atoms with Gasteiger partial charge in [0, 0.05) is 6.42 Å². The molecule has 0 aliphatic carbocycles. The molecule has 0 aliphatic heterocycles. The topological polar surface area (TPSA) is 54.0 Å². The minimum Gasteiger partial charge on any atom is -0.493 e. The van der Waals surface area contributed by atoms with E-state index in [1.807, 2.05) is 6.07 Å². The summed E-state index contributed by atoms with van der Waals surface area (Å²) in [4.78, 5) is 12.6. The molecular weight excluding hydrogens is 296 g/mol. The van der Waals surface area contributed by atoms with Crippen molar-refractivity contribution in [3.05, 3.63) is 47.5 Å². The van der Waals surface area contributed by atoms with Gasteiger partial charge in [-0.15, -0.1) is 0 Å². The van der Waals surface area contributed by atoms with Gasteiger partial charge in [-0.05, 0) is 29.8 Å². The van der Waals surface area contributed by atoms with Gasteiger partial charge < -0.3 is 18.9 Å². The molecule has 2 aromatic carbocycles. The number of methoxy groups -OCH3 is 4. The summed E-state index contributed by atoms with van der Waals surface area (Å²) in [5.41, 5.74) is 1.32. The third-order valence-corrected chi connectivity index (χ3v) is 3.52. The summed E-state index contributed by atoms with van der Waals surface area (Å²) in [6, 6.07) is 10.7. The number of hydrogen-bond donors (Lipinski definition) is 0. The smallest absolute Gasteiger partial charge is 0.171 e. The highest BCUT2D eigenvalue weighted by molar-refractivity contribution is 6.00. The highest BCUT2D eigenvalue weighted by Crippen LogP contribution is 2.32. The van der Waals surface area contributed by atoms with E-state index in [0.717, 1.165) is 5.56 Å². The number of rotatable bonds is 7. The molecule has 0 aliphatic rings. The van der Waals surface area contributed by atoms with Crippen LogP contribution in [0.3, 0.4) is 0 Å². The zero-order valence-electron chi connectivity index (χ0n) is 13.7. The summed E-state index contributed by atoms with van der Waals surface area (Å²) in [6.45, 7) is 0. The van der Waals surface area contributed by atoms with Gasteiger partial charge in [0.25, 0.3) is 0 Å². The Balaban J connectivity index is 2.29. The number of Topliss-reactive ketones (excluding diaryl/α,β-unsaturated/α-hetero) is 1. The molecule has 23 heavy (non-hydrogen) atoms. The van der Waals surface area contributed by atoms with Gasteiger partial charge in [-0.1, -0.05) is 12.1 Å². The third-order valence-electron chi connectivity index (χ3n) is 3.52. The van der Waals surface area contributed by atoms with E-state index in [9.17, 15) is 4.79 Å². The van der Waals surface area contributed by atoms with Gasteiger partial charge in [0.2, 0.25) is 0 Å². The lowest BCUT2D eigenvalue weighted by atomic mass is 10.0. The van der Waals surface area contributed by atoms with Gasteiger partial charge in [-0.25, -0.2) is 0 Å². The van der Waals surface area contributed by atoms with Crippen molar-refractivity contribution in [2.75, 3.05) is 28.4 Å². The van der Waals surface area contributed by atoms with Crippen molar-refractivity contribution in [1.82, 2.24) is 0 Å². The highest BCUT2D eigenvalue weighted by atomic mass is 16.5. The number of carbonyl (C=O) groups is 1. The van der Waals surface area contributed by atoms with Gasteiger partial charge in [-0.3, -0.25) is 4.79 Å². The normalized spacial score (nSPS) is 10.1. The van der Waals surface area contributed by atoms with Crippen molar-refractivity contribution in [1.29, 1.82) is 0 Å². The quantitative estimate of drug-likeness (QED) is 0.735. The molecule has 0 atom stereocenters. The molecule has 5 heteroatoms. The minimum atomic E-state index is -0.0621. The lowest BCUT2D eigenvalue weighted by molar-refractivity contribution is 0.0989. The zero-order valence-corrected chi connectivity index (χ0v) is 13.7. The monoisotopic (exact) mass is 316 g/mol. The maximum Gasteiger partial charge on any atom is 0.171 e. The van der Waals surface area contributed by atoms with E-state index < -0.39 is 0 Å². The van der Waals surface area contributed by atoms with Crippen molar-refractivity contribution < 1.29 is 23.7 Å². The van der Waals surface area contributed by atoms with E-state index in [2.05, 4.69) is 0 Å². The van der Waals surface area contributed by atoms with Gasteiger partial charge in [0.1, 0.15) is 0 Å². The Kier molecular flexibility index (Phi) is 5.46. The standard InChI is InChI=1S/C18H20O5/c1-20-15-9-8-12(11-17(15)22-3)10-14(19)13-6-5-7-16(21-2)18(13)23-4/h5-9,11H,10H2,1-4H3.